The maximum atomic E-state index is 5.66. The van der Waals surface area contributed by atoms with E-state index in [0.717, 1.165) is 26.2 Å². The summed E-state index contributed by atoms with van der Waals surface area (Å²) < 4.78 is 11.1. The average Bonchev–Trinajstić information content (AvgIpc) is 2.63. The van der Waals surface area contributed by atoms with Crippen LogP contribution in [0.25, 0.3) is 0 Å². The predicted octanol–water partition coefficient (Wildman–Crippen LogP) is 0.459. The molecule has 0 bridgehead atoms. The van der Waals surface area contributed by atoms with Gasteiger partial charge in [-0.2, -0.15) is 0 Å². The Labute approximate surface area is 92.7 Å². The summed E-state index contributed by atoms with van der Waals surface area (Å²) in [4.78, 5) is 2.31. The largest absolute Gasteiger partial charge is 0.377 e. The molecule has 1 aliphatic heterocycles. The van der Waals surface area contributed by atoms with Crippen molar-refractivity contribution < 1.29 is 9.47 Å². The number of hydrogen-bond acceptors (Lipinski definition) is 4. The smallest absolute Gasteiger partial charge is 0.0823 e. The quantitative estimate of drug-likeness (QED) is 0.701. The van der Waals surface area contributed by atoms with Crippen LogP contribution in [0.2, 0.25) is 0 Å². The van der Waals surface area contributed by atoms with Gasteiger partial charge in [0.15, 0.2) is 0 Å². The Morgan fingerprint density at radius 1 is 1.60 bits per heavy atom. The third kappa shape index (κ3) is 3.72. The van der Waals surface area contributed by atoms with Crippen molar-refractivity contribution in [1.82, 2.24) is 4.90 Å². The number of hydrogen-bond donors (Lipinski definition) is 1. The number of rotatable bonds is 6. The molecule has 3 atom stereocenters. The lowest BCUT2D eigenvalue weighted by atomic mass is 10.1. The van der Waals surface area contributed by atoms with Crippen molar-refractivity contribution >= 4 is 0 Å². The first-order chi connectivity index (χ1) is 7.19. The van der Waals surface area contributed by atoms with Crippen LogP contribution in [-0.2, 0) is 9.47 Å². The van der Waals surface area contributed by atoms with Crippen LogP contribution in [0.15, 0.2) is 0 Å². The molecule has 0 aromatic heterocycles. The van der Waals surface area contributed by atoms with E-state index in [1.54, 1.807) is 0 Å². The van der Waals surface area contributed by atoms with E-state index in [2.05, 4.69) is 18.9 Å². The molecule has 0 saturated carbocycles. The minimum atomic E-state index is 0.146. The lowest BCUT2D eigenvalue weighted by Gasteiger charge is -2.29. The van der Waals surface area contributed by atoms with Gasteiger partial charge in [-0.15, -0.1) is 0 Å². The first-order valence-electron chi connectivity index (χ1n) is 5.82. The fraction of sp³-hybridized carbons (Fsp3) is 1.00. The Balaban J connectivity index is 2.35. The van der Waals surface area contributed by atoms with Crippen LogP contribution < -0.4 is 5.73 Å². The van der Waals surface area contributed by atoms with Gasteiger partial charge in [0.1, 0.15) is 0 Å². The standard InChI is InChI=1S/C11H24N2O2/c1-4-14-10(7-12)8-13(3)11-5-6-15-9(11)2/h9-11H,4-8,12H2,1-3H3. The Bertz CT molecular complexity index is 178. The number of nitrogens with two attached hydrogens (primary N) is 1. The van der Waals surface area contributed by atoms with Crippen molar-refractivity contribution in [3.63, 3.8) is 0 Å². The molecule has 1 fully saturated rings. The van der Waals surface area contributed by atoms with Crippen LogP contribution >= 0.6 is 0 Å². The molecular weight excluding hydrogens is 192 g/mol. The summed E-state index contributed by atoms with van der Waals surface area (Å²) in [6, 6.07) is 0.513. The second-order valence-corrected chi connectivity index (χ2v) is 4.18. The summed E-state index contributed by atoms with van der Waals surface area (Å²) in [6.45, 7) is 7.21. The molecule has 0 amide bonds. The van der Waals surface area contributed by atoms with Crippen LogP contribution in [0.4, 0.5) is 0 Å². The molecule has 1 saturated heterocycles. The van der Waals surface area contributed by atoms with E-state index in [4.69, 9.17) is 15.2 Å². The lowest BCUT2D eigenvalue weighted by molar-refractivity contribution is 0.0220. The van der Waals surface area contributed by atoms with E-state index in [-0.39, 0.29) is 6.10 Å². The van der Waals surface area contributed by atoms with E-state index in [1.165, 1.54) is 0 Å². The lowest BCUT2D eigenvalue weighted by Crippen LogP contribution is -2.44. The fourth-order valence-corrected chi connectivity index (χ4v) is 2.19. The predicted molar refractivity (Wildman–Crippen MR) is 60.9 cm³/mol. The number of ether oxygens (including phenoxy) is 2. The third-order valence-corrected chi connectivity index (χ3v) is 3.06. The summed E-state index contributed by atoms with van der Waals surface area (Å²) in [5.74, 6) is 0. The SMILES string of the molecule is CCOC(CN)CN(C)C1CCOC1C. The Morgan fingerprint density at radius 2 is 2.33 bits per heavy atom. The highest BCUT2D eigenvalue weighted by molar-refractivity contribution is 4.81. The normalized spacial score (nSPS) is 28.6. The molecule has 2 N–H and O–H groups in total. The molecule has 0 aliphatic carbocycles. The highest BCUT2D eigenvalue weighted by Crippen LogP contribution is 2.18. The van der Waals surface area contributed by atoms with Crippen LogP contribution in [0, 0.1) is 0 Å². The molecule has 15 heavy (non-hydrogen) atoms. The van der Waals surface area contributed by atoms with Gasteiger partial charge in [0.05, 0.1) is 12.2 Å². The highest BCUT2D eigenvalue weighted by atomic mass is 16.5. The molecule has 3 unspecified atom stereocenters. The first-order valence-corrected chi connectivity index (χ1v) is 5.82. The second-order valence-electron chi connectivity index (χ2n) is 4.18. The topological polar surface area (TPSA) is 47.7 Å². The van der Waals surface area contributed by atoms with Crippen LogP contribution in [0.1, 0.15) is 20.3 Å². The second kappa shape index (κ2) is 6.43. The average molecular weight is 216 g/mol. The van der Waals surface area contributed by atoms with Gasteiger partial charge in [-0.25, -0.2) is 0 Å². The van der Waals surface area contributed by atoms with Gasteiger partial charge in [0.25, 0.3) is 0 Å². The molecule has 0 radical (unpaired) electrons. The van der Waals surface area contributed by atoms with E-state index in [9.17, 15) is 0 Å². The zero-order valence-electron chi connectivity index (χ0n) is 10.1. The van der Waals surface area contributed by atoms with Crippen LogP contribution in [0.3, 0.4) is 0 Å². The third-order valence-electron chi connectivity index (χ3n) is 3.06. The zero-order valence-corrected chi connectivity index (χ0v) is 10.1. The Kier molecular flexibility index (Phi) is 5.53. The Morgan fingerprint density at radius 3 is 2.80 bits per heavy atom. The maximum Gasteiger partial charge on any atom is 0.0823 e. The molecule has 4 nitrogen and oxygen atoms in total. The minimum Gasteiger partial charge on any atom is -0.377 e. The molecular formula is C11H24N2O2. The molecule has 0 aromatic carbocycles. The van der Waals surface area contributed by atoms with Crippen molar-refractivity contribution in [2.45, 2.75) is 38.5 Å². The summed E-state index contributed by atoms with van der Waals surface area (Å²) in [6.07, 6.45) is 1.59. The zero-order chi connectivity index (χ0) is 11.3. The van der Waals surface area contributed by atoms with Gasteiger partial charge >= 0.3 is 0 Å². The van der Waals surface area contributed by atoms with Gasteiger partial charge in [-0.3, -0.25) is 4.90 Å². The van der Waals surface area contributed by atoms with Gasteiger partial charge < -0.3 is 15.2 Å². The molecule has 0 aromatic rings. The molecule has 1 aliphatic rings. The first kappa shape index (κ1) is 12.9. The highest BCUT2D eigenvalue weighted by Gasteiger charge is 2.28. The van der Waals surface area contributed by atoms with Crippen LogP contribution in [-0.4, -0.2) is 56.5 Å². The van der Waals surface area contributed by atoms with Crippen molar-refractivity contribution in [1.29, 1.82) is 0 Å². The van der Waals surface area contributed by atoms with E-state index in [1.807, 2.05) is 6.92 Å². The van der Waals surface area contributed by atoms with Gasteiger partial charge in [-0.05, 0) is 27.3 Å². The summed E-state index contributed by atoms with van der Waals surface area (Å²) >= 11 is 0. The molecule has 90 valence electrons. The summed E-state index contributed by atoms with van der Waals surface area (Å²) in [5, 5.41) is 0. The number of nitrogens with zero attached hydrogens (tertiary/aromatic N) is 1. The van der Waals surface area contributed by atoms with Gasteiger partial charge in [0, 0.05) is 32.3 Å². The molecule has 1 rings (SSSR count). The van der Waals surface area contributed by atoms with Gasteiger partial charge in [-0.1, -0.05) is 0 Å². The van der Waals surface area contributed by atoms with Gasteiger partial charge in [0.2, 0.25) is 0 Å². The van der Waals surface area contributed by atoms with Crippen molar-refractivity contribution in [3.05, 3.63) is 0 Å². The Hall–Kier alpha value is -0.160. The maximum absolute atomic E-state index is 5.66. The van der Waals surface area contributed by atoms with E-state index < -0.39 is 0 Å². The molecule has 0 spiro atoms. The summed E-state index contributed by atoms with van der Waals surface area (Å²) in [7, 11) is 2.12. The van der Waals surface area contributed by atoms with Crippen molar-refractivity contribution in [2.24, 2.45) is 5.73 Å². The molecule has 1 heterocycles. The summed E-state index contributed by atoms with van der Waals surface area (Å²) in [5.41, 5.74) is 5.66. The molecule has 4 heteroatoms. The number of likely N-dealkylation sites (N-methyl/N-ethyl adjacent to an activating group) is 1. The minimum absolute atomic E-state index is 0.146. The fourth-order valence-electron chi connectivity index (χ4n) is 2.19. The van der Waals surface area contributed by atoms with Crippen LogP contribution in [0.5, 0.6) is 0 Å². The monoisotopic (exact) mass is 216 g/mol. The van der Waals surface area contributed by atoms with Crippen molar-refractivity contribution in [3.8, 4) is 0 Å². The van der Waals surface area contributed by atoms with Crippen molar-refractivity contribution in [2.75, 3.05) is 33.4 Å². The van der Waals surface area contributed by atoms with E-state index in [0.29, 0.717) is 18.7 Å². The van der Waals surface area contributed by atoms with E-state index >= 15 is 0 Å².